The Morgan fingerprint density at radius 3 is 2.82 bits per heavy atom. The summed E-state index contributed by atoms with van der Waals surface area (Å²) >= 11 is 0. The topological polar surface area (TPSA) is 23.5 Å². The van der Waals surface area contributed by atoms with Crippen molar-refractivity contribution in [1.29, 1.82) is 0 Å². The third-order valence-electron chi connectivity index (χ3n) is 2.02. The zero-order chi connectivity index (χ0) is 7.94. The van der Waals surface area contributed by atoms with Crippen LogP contribution in [0.1, 0.15) is 19.3 Å². The standard InChI is InChI=1S/C9H17NO/c11-9-5-4-8-10-6-2-1-3-7-10/h1-2,11H,3-9H2. The molecule has 0 saturated heterocycles. The lowest BCUT2D eigenvalue weighted by Crippen LogP contribution is -2.28. The second-order valence-corrected chi connectivity index (χ2v) is 2.99. The molecule has 0 aromatic carbocycles. The number of aliphatic hydroxyl groups is 1. The van der Waals surface area contributed by atoms with Crippen molar-refractivity contribution in [1.82, 2.24) is 4.90 Å². The lowest BCUT2D eigenvalue weighted by molar-refractivity contribution is 0.252. The molecular weight excluding hydrogens is 138 g/mol. The van der Waals surface area contributed by atoms with Crippen LogP contribution in [0.4, 0.5) is 0 Å². The molecule has 0 aliphatic carbocycles. The van der Waals surface area contributed by atoms with E-state index in [1.807, 2.05) is 0 Å². The zero-order valence-corrected chi connectivity index (χ0v) is 7.00. The molecule has 1 N–H and O–H groups in total. The number of rotatable bonds is 4. The second-order valence-electron chi connectivity index (χ2n) is 2.99. The molecule has 0 radical (unpaired) electrons. The van der Waals surface area contributed by atoms with E-state index in [1.165, 1.54) is 13.0 Å². The predicted octanol–water partition coefficient (Wildman–Crippen LogP) is 1.02. The Balaban J connectivity index is 2.02. The Labute approximate surface area is 68.5 Å². The van der Waals surface area contributed by atoms with Crippen LogP contribution in [0.15, 0.2) is 12.2 Å². The van der Waals surface area contributed by atoms with Crippen molar-refractivity contribution >= 4 is 0 Å². The van der Waals surface area contributed by atoms with Gasteiger partial charge in [-0.2, -0.15) is 0 Å². The maximum Gasteiger partial charge on any atom is 0.0431 e. The average molecular weight is 155 g/mol. The van der Waals surface area contributed by atoms with Gasteiger partial charge < -0.3 is 5.11 Å². The Morgan fingerprint density at radius 1 is 1.27 bits per heavy atom. The molecule has 1 rings (SSSR count). The molecule has 0 bridgehead atoms. The zero-order valence-electron chi connectivity index (χ0n) is 7.00. The van der Waals surface area contributed by atoms with Crippen LogP contribution in [0.25, 0.3) is 0 Å². The van der Waals surface area contributed by atoms with Gasteiger partial charge in [0.05, 0.1) is 0 Å². The SMILES string of the molecule is OCCCCN1CC=CCC1. The van der Waals surface area contributed by atoms with Crippen LogP contribution in [0.5, 0.6) is 0 Å². The Hall–Kier alpha value is -0.340. The van der Waals surface area contributed by atoms with Gasteiger partial charge in [-0.05, 0) is 25.8 Å². The first-order valence-electron chi connectivity index (χ1n) is 4.41. The average Bonchev–Trinajstić information content (AvgIpc) is 2.07. The van der Waals surface area contributed by atoms with Crippen LogP contribution in [-0.4, -0.2) is 36.2 Å². The van der Waals surface area contributed by atoms with Crippen LogP contribution >= 0.6 is 0 Å². The summed E-state index contributed by atoms with van der Waals surface area (Å²) in [5.41, 5.74) is 0. The normalized spacial score (nSPS) is 19.0. The number of hydrogen-bond acceptors (Lipinski definition) is 2. The highest BCUT2D eigenvalue weighted by Gasteiger charge is 2.03. The molecule has 0 unspecified atom stereocenters. The van der Waals surface area contributed by atoms with E-state index in [-0.39, 0.29) is 0 Å². The lowest BCUT2D eigenvalue weighted by Gasteiger charge is -2.22. The Bertz CT molecular complexity index is 123. The molecule has 0 atom stereocenters. The minimum Gasteiger partial charge on any atom is -0.396 e. The van der Waals surface area contributed by atoms with Crippen molar-refractivity contribution in [2.75, 3.05) is 26.2 Å². The van der Waals surface area contributed by atoms with Gasteiger partial charge in [-0.3, -0.25) is 4.90 Å². The van der Waals surface area contributed by atoms with E-state index in [0.717, 1.165) is 25.9 Å². The van der Waals surface area contributed by atoms with Gasteiger partial charge in [0.1, 0.15) is 0 Å². The van der Waals surface area contributed by atoms with E-state index in [1.54, 1.807) is 0 Å². The first-order chi connectivity index (χ1) is 5.43. The van der Waals surface area contributed by atoms with Crippen molar-refractivity contribution in [2.24, 2.45) is 0 Å². The van der Waals surface area contributed by atoms with E-state index in [0.29, 0.717) is 6.61 Å². The third-order valence-corrected chi connectivity index (χ3v) is 2.02. The summed E-state index contributed by atoms with van der Waals surface area (Å²) in [5, 5.41) is 8.56. The first-order valence-corrected chi connectivity index (χ1v) is 4.41. The minimum absolute atomic E-state index is 0.337. The fraction of sp³-hybridized carbons (Fsp3) is 0.778. The molecule has 1 aliphatic heterocycles. The van der Waals surface area contributed by atoms with Crippen LogP contribution in [0.2, 0.25) is 0 Å². The van der Waals surface area contributed by atoms with Gasteiger partial charge in [0.15, 0.2) is 0 Å². The Morgan fingerprint density at radius 2 is 2.18 bits per heavy atom. The van der Waals surface area contributed by atoms with Gasteiger partial charge in [-0.25, -0.2) is 0 Å². The van der Waals surface area contributed by atoms with Gasteiger partial charge >= 0.3 is 0 Å². The minimum atomic E-state index is 0.337. The summed E-state index contributed by atoms with van der Waals surface area (Å²) in [6.45, 7) is 3.78. The lowest BCUT2D eigenvalue weighted by atomic mass is 10.2. The molecule has 2 heteroatoms. The van der Waals surface area contributed by atoms with E-state index in [4.69, 9.17) is 5.11 Å². The molecule has 11 heavy (non-hydrogen) atoms. The summed E-state index contributed by atoms with van der Waals surface area (Å²) in [7, 11) is 0. The molecule has 0 aromatic heterocycles. The van der Waals surface area contributed by atoms with Gasteiger partial charge in [0, 0.05) is 19.7 Å². The summed E-state index contributed by atoms with van der Waals surface area (Å²) < 4.78 is 0. The molecule has 0 saturated carbocycles. The van der Waals surface area contributed by atoms with E-state index < -0.39 is 0 Å². The maximum atomic E-state index is 8.56. The van der Waals surface area contributed by atoms with Crippen LogP contribution in [0.3, 0.4) is 0 Å². The molecule has 2 nitrogen and oxygen atoms in total. The molecule has 0 aromatic rings. The van der Waals surface area contributed by atoms with Gasteiger partial charge in [0.25, 0.3) is 0 Å². The van der Waals surface area contributed by atoms with Crippen LogP contribution in [0, 0.1) is 0 Å². The summed E-state index contributed by atoms with van der Waals surface area (Å²) in [6.07, 6.45) is 7.73. The molecule has 0 fully saturated rings. The van der Waals surface area contributed by atoms with Crippen molar-refractivity contribution in [3.63, 3.8) is 0 Å². The smallest absolute Gasteiger partial charge is 0.0431 e. The highest BCUT2D eigenvalue weighted by molar-refractivity contribution is 4.90. The van der Waals surface area contributed by atoms with E-state index >= 15 is 0 Å². The number of aliphatic hydroxyl groups excluding tert-OH is 1. The number of nitrogens with zero attached hydrogens (tertiary/aromatic N) is 1. The maximum absolute atomic E-state index is 8.56. The van der Waals surface area contributed by atoms with E-state index in [2.05, 4.69) is 17.1 Å². The fourth-order valence-electron chi connectivity index (χ4n) is 1.34. The third kappa shape index (κ3) is 3.54. The summed E-state index contributed by atoms with van der Waals surface area (Å²) in [6, 6.07) is 0. The van der Waals surface area contributed by atoms with Gasteiger partial charge in [0.2, 0.25) is 0 Å². The summed E-state index contributed by atoms with van der Waals surface area (Å²) in [4.78, 5) is 2.43. The monoisotopic (exact) mass is 155 g/mol. The van der Waals surface area contributed by atoms with Crippen molar-refractivity contribution in [2.45, 2.75) is 19.3 Å². The fourth-order valence-corrected chi connectivity index (χ4v) is 1.34. The quantitative estimate of drug-likeness (QED) is 0.484. The Kier molecular flexibility index (Phi) is 4.24. The molecule has 0 spiro atoms. The largest absolute Gasteiger partial charge is 0.396 e. The predicted molar refractivity (Wildman–Crippen MR) is 46.5 cm³/mol. The van der Waals surface area contributed by atoms with Crippen molar-refractivity contribution in [3.05, 3.63) is 12.2 Å². The van der Waals surface area contributed by atoms with Crippen molar-refractivity contribution in [3.8, 4) is 0 Å². The molecule has 0 amide bonds. The second kappa shape index (κ2) is 5.33. The highest BCUT2D eigenvalue weighted by atomic mass is 16.2. The van der Waals surface area contributed by atoms with Crippen molar-refractivity contribution < 1.29 is 5.11 Å². The van der Waals surface area contributed by atoms with Gasteiger partial charge in [-0.1, -0.05) is 12.2 Å². The number of unbranched alkanes of at least 4 members (excludes halogenated alkanes) is 1. The van der Waals surface area contributed by atoms with E-state index in [9.17, 15) is 0 Å². The van der Waals surface area contributed by atoms with Gasteiger partial charge in [-0.15, -0.1) is 0 Å². The molecule has 1 aliphatic rings. The molecular formula is C9H17NO. The highest BCUT2D eigenvalue weighted by Crippen LogP contribution is 2.02. The van der Waals surface area contributed by atoms with Crippen LogP contribution < -0.4 is 0 Å². The van der Waals surface area contributed by atoms with Crippen LogP contribution in [-0.2, 0) is 0 Å². The molecule has 1 heterocycles. The first kappa shape index (κ1) is 8.75. The molecule has 64 valence electrons. The summed E-state index contributed by atoms with van der Waals surface area (Å²) in [5.74, 6) is 0. The number of hydrogen-bond donors (Lipinski definition) is 1.